The third kappa shape index (κ3) is 7.53. The second-order valence-corrected chi connectivity index (χ2v) is 10.1. The molecule has 2 aromatic carbocycles. The molecule has 0 aliphatic heterocycles. The van der Waals surface area contributed by atoms with Crippen molar-refractivity contribution in [2.24, 2.45) is 0 Å². The highest BCUT2D eigenvalue weighted by molar-refractivity contribution is 7.92. The number of ether oxygens (including phenoxy) is 3. The van der Waals surface area contributed by atoms with Crippen molar-refractivity contribution in [1.82, 2.24) is 10.2 Å². The highest BCUT2D eigenvalue weighted by Crippen LogP contribution is 2.29. The van der Waals surface area contributed by atoms with Gasteiger partial charge in [0, 0.05) is 6.26 Å². The molecule has 10 nitrogen and oxygen atoms in total. The van der Waals surface area contributed by atoms with Gasteiger partial charge in [0.2, 0.25) is 19.3 Å². The summed E-state index contributed by atoms with van der Waals surface area (Å²) in [6.07, 6.45) is 2.36. The first-order valence-electron chi connectivity index (χ1n) is 10.3. The van der Waals surface area contributed by atoms with E-state index >= 15 is 0 Å². The minimum absolute atomic E-state index is 0.0342. The van der Waals surface area contributed by atoms with Gasteiger partial charge in [-0.3, -0.25) is 10.1 Å². The number of anilines is 1. The van der Waals surface area contributed by atoms with Gasteiger partial charge in [-0.05, 0) is 42.8 Å². The summed E-state index contributed by atoms with van der Waals surface area (Å²) in [4.78, 5) is 12.5. The van der Waals surface area contributed by atoms with Crippen LogP contribution in [-0.2, 0) is 14.6 Å². The molecule has 0 atom stereocenters. The molecule has 0 bridgehead atoms. The second-order valence-electron chi connectivity index (χ2n) is 6.92. The van der Waals surface area contributed by atoms with Crippen molar-refractivity contribution >= 4 is 38.3 Å². The summed E-state index contributed by atoms with van der Waals surface area (Å²) in [6.45, 7) is 2.83. The highest BCUT2D eigenvalue weighted by atomic mass is 32.2. The smallest absolute Gasteiger partial charge is 0.268 e. The molecule has 1 aromatic heterocycles. The molecule has 0 aliphatic rings. The Kier molecular flexibility index (Phi) is 8.77. The molecule has 12 heteroatoms. The molecule has 0 fully saturated rings. The fraction of sp³-hybridized carbons (Fsp3) is 0.217. The van der Waals surface area contributed by atoms with E-state index in [0.29, 0.717) is 41.6 Å². The van der Waals surface area contributed by atoms with Gasteiger partial charge in [-0.1, -0.05) is 35.6 Å². The number of amides is 1. The molecule has 0 saturated carbocycles. The van der Waals surface area contributed by atoms with Gasteiger partial charge in [-0.2, -0.15) is 5.26 Å². The zero-order valence-corrected chi connectivity index (χ0v) is 20.6. The Morgan fingerprint density at radius 2 is 1.83 bits per heavy atom. The number of aromatic nitrogens is 2. The minimum atomic E-state index is -3.55. The van der Waals surface area contributed by atoms with Crippen LogP contribution in [0.1, 0.15) is 12.5 Å². The number of sulfone groups is 1. The maximum atomic E-state index is 12.5. The van der Waals surface area contributed by atoms with Crippen molar-refractivity contribution in [3.63, 3.8) is 0 Å². The monoisotopic (exact) mass is 514 g/mol. The first-order valence-corrected chi connectivity index (χ1v) is 13.0. The van der Waals surface area contributed by atoms with Crippen LogP contribution < -0.4 is 19.5 Å². The highest BCUT2D eigenvalue weighted by Gasteiger charge is 2.18. The lowest BCUT2D eigenvalue weighted by Gasteiger charge is -2.13. The lowest BCUT2D eigenvalue weighted by Crippen LogP contribution is -2.13. The van der Waals surface area contributed by atoms with Gasteiger partial charge in [-0.15, -0.1) is 10.2 Å². The van der Waals surface area contributed by atoms with Gasteiger partial charge < -0.3 is 14.2 Å². The number of nitriles is 1. The summed E-state index contributed by atoms with van der Waals surface area (Å²) in [5, 5.41) is 19.0. The lowest BCUT2D eigenvalue weighted by atomic mass is 10.1. The van der Waals surface area contributed by atoms with Crippen molar-refractivity contribution in [3.8, 4) is 23.3 Å². The topological polar surface area (TPSA) is 140 Å². The van der Waals surface area contributed by atoms with E-state index in [2.05, 4.69) is 15.5 Å². The quantitative estimate of drug-likeness (QED) is 0.176. The Labute approximate surface area is 206 Å². The van der Waals surface area contributed by atoms with Crippen molar-refractivity contribution in [1.29, 1.82) is 5.26 Å². The normalized spacial score (nSPS) is 11.4. The molecule has 35 heavy (non-hydrogen) atoms. The Balaban J connectivity index is 1.68. The van der Waals surface area contributed by atoms with Crippen LogP contribution in [0.2, 0.25) is 0 Å². The first-order chi connectivity index (χ1) is 16.8. The van der Waals surface area contributed by atoms with E-state index in [1.807, 2.05) is 43.3 Å². The Morgan fingerprint density at radius 1 is 1.09 bits per heavy atom. The van der Waals surface area contributed by atoms with E-state index in [1.165, 1.54) is 6.08 Å². The molecule has 0 unspecified atom stereocenters. The lowest BCUT2D eigenvalue weighted by molar-refractivity contribution is -0.112. The summed E-state index contributed by atoms with van der Waals surface area (Å²) in [5.41, 5.74) is 0.315. The van der Waals surface area contributed by atoms with Crippen LogP contribution >= 0.6 is 11.3 Å². The summed E-state index contributed by atoms with van der Waals surface area (Å²) in [5.74, 6) is 0.927. The van der Waals surface area contributed by atoms with Gasteiger partial charge in [0.05, 0.1) is 6.61 Å². The number of benzene rings is 2. The third-order valence-corrected chi connectivity index (χ3v) is 6.75. The van der Waals surface area contributed by atoms with E-state index < -0.39 is 15.7 Å². The second kappa shape index (κ2) is 12.0. The summed E-state index contributed by atoms with van der Waals surface area (Å²) >= 11 is 0.696. The summed E-state index contributed by atoms with van der Waals surface area (Å²) in [6, 6.07) is 16.2. The Hall–Kier alpha value is -3.95. The molecule has 0 spiro atoms. The average Bonchev–Trinajstić information content (AvgIpc) is 3.31. The number of nitrogens with zero attached hydrogens (tertiary/aromatic N) is 3. The maximum absolute atomic E-state index is 12.5. The van der Waals surface area contributed by atoms with Crippen molar-refractivity contribution in [2.45, 2.75) is 11.3 Å². The van der Waals surface area contributed by atoms with Crippen LogP contribution in [0.25, 0.3) is 6.08 Å². The molecule has 3 rings (SSSR count). The molecular weight excluding hydrogens is 492 g/mol. The van der Waals surface area contributed by atoms with Crippen LogP contribution in [0.4, 0.5) is 5.13 Å². The van der Waals surface area contributed by atoms with Crippen LogP contribution in [0.15, 0.2) is 58.4 Å². The largest absolute Gasteiger partial charge is 0.490 e. The van der Waals surface area contributed by atoms with Crippen molar-refractivity contribution in [2.75, 3.05) is 31.4 Å². The third-order valence-electron chi connectivity index (χ3n) is 4.24. The molecular formula is C23H22N4O6S2. The summed E-state index contributed by atoms with van der Waals surface area (Å²) < 4.78 is 39.9. The molecule has 1 amide bonds. The zero-order valence-electron chi connectivity index (χ0n) is 18.9. The molecule has 1 heterocycles. The number of carbonyl (C=O) groups excluding carboxylic acids is 1. The predicted molar refractivity (Wildman–Crippen MR) is 130 cm³/mol. The fourth-order valence-corrected chi connectivity index (χ4v) is 4.22. The van der Waals surface area contributed by atoms with Gasteiger partial charge in [0.15, 0.2) is 11.5 Å². The molecule has 3 aromatic rings. The minimum Gasteiger partial charge on any atom is -0.490 e. The Morgan fingerprint density at radius 3 is 2.49 bits per heavy atom. The van der Waals surface area contributed by atoms with Crippen molar-refractivity contribution < 1.29 is 27.4 Å². The maximum Gasteiger partial charge on any atom is 0.268 e. The number of rotatable bonds is 11. The van der Waals surface area contributed by atoms with Gasteiger partial charge >= 0.3 is 0 Å². The molecule has 0 aliphatic carbocycles. The molecule has 0 radical (unpaired) electrons. The molecule has 1 N–H and O–H groups in total. The van der Waals surface area contributed by atoms with E-state index in [0.717, 1.165) is 12.0 Å². The van der Waals surface area contributed by atoms with E-state index in [4.69, 9.17) is 14.2 Å². The van der Waals surface area contributed by atoms with E-state index in [-0.39, 0.29) is 21.7 Å². The van der Waals surface area contributed by atoms with Crippen molar-refractivity contribution in [3.05, 3.63) is 59.7 Å². The first kappa shape index (κ1) is 25.7. The SMILES string of the molecule is CCOc1cc(/C=C(/C#N)C(=O)Nc2nnc(S(C)(=O)=O)s2)ccc1OCCOc1ccccc1. The summed E-state index contributed by atoms with van der Waals surface area (Å²) in [7, 11) is -3.55. The molecule has 182 valence electrons. The van der Waals surface area contributed by atoms with Crippen LogP contribution in [0, 0.1) is 11.3 Å². The van der Waals surface area contributed by atoms with Crippen LogP contribution in [0.5, 0.6) is 17.2 Å². The number of hydrogen-bond donors (Lipinski definition) is 1. The van der Waals surface area contributed by atoms with Crippen LogP contribution in [-0.4, -0.2) is 50.6 Å². The zero-order chi connectivity index (χ0) is 25.3. The van der Waals surface area contributed by atoms with Gasteiger partial charge in [0.1, 0.15) is 30.6 Å². The van der Waals surface area contributed by atoms with Crippen LogP contribution in [0.3, 0.4) is 0 Å². The van der Waals surface area contributed by atoms with Gasteiger partial charge in [-0.25, -0.2) is 8.42 Å². The molecule has 0 saturated heterocycles. The number of nitrogens with one attached hydrogen (secondary N) is 1. The predicted octanol–water partition coefficient (Wildman–Crippen LogP) is 3.34. The van der Waals surface area contributed by atoms with Gasteiger partial charge in [0.25, 0.3) is 5.91 Å². The van der Waals surface area contributed by atoms with E-state index in [9.17, 15) is 18.5 Å². The average molecular weight is 515 g/mol. The van der Waals surface area contributed by atoms with E-state index in [1.54, 1.807) is 18.2 Å². The Bertz CT molecular complexity index is 1350. The number of carbonyl (C=O) groups is 1. The fourth-order valence-electron chi connectivity index (χ4n) is 2.72. The number of para-hydroxylation sites is 1. The number of hydrogen-bond acceptors (Lipinski definition) is 10. The standard InChI is InChI=1S/C23H22N4O6S2/c1-3-31-20-14-16(9-10-19(20)33-12-11-32-18-7-5-4-6-8-18)13-17(15-24)21(28)25-22-26-27-23(34-22)35(2,29)30/h4-10,13-14H,3,11-12H2,1-2H3,(H,25,26,28)/b17-13-.